The Bertz CT molecular complexity index is 559. The van der Waals surface area contributed by atoms with E-state index in [1.807, 2.05) is 0 Å². The minimum absolute atomic E-state index is 0.000809. The van der Waals surface area contributed by atoms with Crippen LogP contribution in [0.5, 0.6) is 0 Å². The minimum atomic E-state index is -1.13. The molecule has 0 aromatic heterocycles. The van der Waals surface area contributed by atoms with Crippen molar-refractivity contribution >= 4 is 39.4 Å². The van der Waals surface area contributed by atoms with E-state index >= 15 is 0 Å². The molecule has 0 bridgehead atoms. The second-order valence-electron chi connectivity index (χ2n) is 4.14. The fourth-order valence-electron chi connectivity index (χ4n) is 1.84. The number of rotatable bonds is 3. The van der Waals surface area contributed by atoms with E-state index in [0.717, 1.165) is 0 Å². The van der Waals surface area contributed by atoms with E-state index in [-0.39, 0.29) is 17.2 Å². The second-order valence-corrected chi connectivity index (χ2v) is 5.06. The molecule has 0 aliphatic carbocycles. The lowest BCUT2D eigenvalue weighted by Gasteiger charge is -2.13. The van der Waals surface area contributed by atoms with Crippen molar-refractivity contribution in [2.45, 2.75) is 18.9 Å². The van der Waals surface area contributed by atoms with Crippen molar-refractivity contribution in [3.05, 3.63) is 28.2 Å². The van der Waals surface area contributed by atoms with Crippen LogP contribution in [0.1, 0.15) is 23.2 Å². The molecule has 1 fully saturated rings. The van der Waals surface area contributed by atoms with Crippen LogP contribution < -0.4 is 10.6 Å². The maximum Gasteiger partial charge on any atom is 0.337 e. The van der Waals surface area contributed by atoms with Gasteiger partial charge in [-0.25, -0.2) is 4.79 Å². The van der Waals surface area contributed by atoms with Crippen molar-refractivity contribution in [1.29, 1.82) is 0 Å². The van der Waals surface area contributed by atoms with Gasteiger partial charge in [0.2, 0.25) is 11.8 Å². The Morgan fingerprint density at radius 3 is 2.74 bits per heavy atom. The standard InChI is InChI=1S/C12H11BrN2O4/c13-6-1-2-7(12(18)19)9(5-6)15-11(17)8-3-4-10(16)14-8/h1-2,5,8H,3-4H2,(H,14,16)(H,15,17)(H,18,19)/t8-/m0/s1. The number of nitrogens with one attached hydrogen (secondary N) is 2. The predicted octanol–water partition coefficient (Wildman–Crippen LogP) is 1.36. The van der Waals surface area contributed by atoms with Gasteiger partial charge < -0.3 is 15.7 Å². The molecule has 2 rings (SSSR count). The summed E-state index contributed by atoms with van der Waals surface area (Å²) in [5.41, 5.74) is 0.203. The highest BCUT2D eigenvalue weighted by molar-refractivity contribution is 9.10. The number of anilines is 1. The van der Waals surface area contributed by atoms with Crippen molar-refractivity contribution in [1.82, 2.24) is 5.32 Å². The number of amides is 2. The Hall–Kier alpha value is -1.89. The average molecular weight is 327 g/mol. The van der Waals surface area contributed by atoms with Crippen LogP contribution in [0.2, 0.25) is 0 Å². The van der Waals surface area contributed by atoms with E-state index in [1.165, 1.54) is 12.1 Å². The largest absolute Gasteiger partial charge is 0.478 e. The van der Waals surface area contributed by atoms with Gasteiger partial charge in [0.1, 0.15) is 6.04 Å². The number of carbonyl (C=O) groups is 3. The van der Waals surface area contributed by atoms with Gasteiger partial charge in [0, 0.05) is 10.9 Å². The zero-order valence-electron chi connectivity index (χ0n) is 9.77. The molecule has 1 aliphatic heterocycles. The van der Waals surface area contributed by atoms with Crippen LogP contribution in [0.3, 0.4) is 0 Å². The smallest absolute Gasteiger partial charge is 0.337 e. The topological polar surface area (TPSA) is 95.5 Å². The van der Waals surface area contributed by atoms with Gasteiger partial charge in [-0.05, 0) is 24.6 Å². The minimum Gasteiger partial charge on any atom is -0.478 e. The van der Waals surface area contributed by atoms with E-state index in [0.29, 0.717) is 17.3 Å². The molecule has 1 aromatic rings. The maximum absolute atomic E-state index is 11.9. The summed E-state index contributed by atoms with van der Waals surface area (Å²) in [5, 5.41) is 14.1. The van der Waals surface area contributed by atoms with E-state index in [1.54, 1.807) is 6.07 Å². The van der Waals surface area contributed by atoms with Gasteiger partial charge in [0.05, 0.1) is 11.3 Å². The van der Waals surface area contributed by atoms with Crippen molar-refractivity contribution in [2.75, 3.05) is 5.32 Å². The fourth-order valence-corrected chi connectivity index (χ4v) is 2.20. The number of hydrogen-bond acceptors (Lipinski definition) is 3. The SMILES string of the molecule is O=C1CC[C@@H](C(=O)Nc2cc(Br)ccc2C(=O)O)N1. The third-order valence-corrected chi connectivity index (χ3v) is 3.27. The summed E-state index contributed by atoms with van der Waals surface area (Å²) in [6, 6.07) is 3.89. The first-order valence-electron chi connectivity index (χ1n) is 5.60. The molecule has 19 heavy (non-hydrogen) atoms. The van der Waals surface area contributed by atoms with Crippen molar-refractivity contribution in [3.63, 3.8) is 0 Å². The van der Waals surface area contributed by atoms with E-state index in [4.69, 9.17) is 5.11 Å². The summed E-state index contributed by atoms with van der Waals surface area (Å²) in [5.74, 6) is -1.71. The summed E-state index contributed by atoms with van der Waals surface area (Å²) < 4.78 is 0.656. The molecule has 2 amide bonds. The van der Waals surface area contributed by atoms with Gasteiger partial charge in [-0.2, -0.15) is 0 Å². The number of carboxylic acid groups (broad SMARTS) is 1. The average Bonchev–Trinajstić information content (AvgIpc) is 2.75. The molecular formula is C12H11BrN2O4. The molecule has 0 saturated carbocycles. The Morgan fingerprint density at radius 2 is 2.16 bits per heavy atom. The molecule has 3 N–H and O–H groups in total. The molecule has 1 heterocycles. The third kappa shape index (κ3) is 3.11. The highest BCUT2D eigenvalue weighted by Gasteiger charge is 2.27. The van der Waals surface area contributed by atoms with Crippen LogP contribution >= 0.6 is 15.9 Å². The summed E-state index contributed by atoms with van der Waals surface area (Å²) in [4.78, 5) is 34.0. The number of aromatic carboxylic acids is 1. The highest BCUT2D eigenvalue weighted by Crippen LogP contribution is 2.22. The van der Waals surface area contributed by atoms with Crippen LogP contribution in [-0.4, -0.2) is 28.9 Å². The van der Waals surface area contributed by atoms with Crippen LogP contribution in [0.15, 0.2) is 22.7 Å². The summed E-state index contributed by atoms with van der Waals surface area (Å²) in [7, 11) is 0. The lowest BCUT2D eigenvalue weighted by Crippen LogP contribution is -2.37. The molecular weight excluding hydrogens is 316 g/mol. The quantitative estimate of drug-likeness (QED) is 0.781. The number of halogens is 1. The van der Waals surface area contributed by atoms with E-state index < -0.39 is 17.9 Å². The fraction of sp³-hybridized carbons (Fsp3) is 0.250. The Morgan fingerprint density at radius 1 is 1.42 bits per heavy atom. The Kier molecular flexibility index (Phi) is 3.84. The van der Waals surface area contributed by atoms with Crippen LogP contribution in [0.25, 0.3) is 0 Å². The Balaban J connectivity index is 2.18. The molecule has 0 spiro atoms. The molecule has 1 aliphatic rings. The van der Waals surface area contributed by atoms with Gasteiger partial charge >= 0.3 is 5.97 Å². The normalized spacial score (nSPS) is 17.9. The molecule has 100 valence electrons. The van der Waals surface area contributed by atoms with Crippen molar-refractivity contribution in [2.24, 2.45) is 0 Å². The first kappa shape index (κ1) is 13.5. The number of hydrogen-bond donors (Lipinski definition) is 3. The Labute approximate surface area is 117 Å². The molecule has 7 heteroatoms. The molecule has 6 nitrogen and oxygen atoms in total. The first-order chi connectivity index (χ1) is 8.97. The number of carboxylic acids is 1. The summed E-state index contributed by atoms with van der Waals surface area (Å²) in [6.07, 6.45) is 0.726. The van der Waals surface area contributed by atoms with Crippen LogP contribution in [-0.2, 0) is 9.59 Å². The zero-order chi connectivity index (χ0) is 14.0. The zero-order valence-corrected chi connectivity index (χ0v) is 11.4. The van der Waals surface area contributed by atoms with Crippen molar-refractivity contribution in [3.8, 4) is 0 Å². The number of carbonyl (C=O) groups excluding carboxylic acids is 2. The van der Waals surface area contributed by atoms with Gasteiger partial charge in [0.25, 0.3) is 0 Å². The van der Waals surface area contributed by atoms with Crippen LogP contribution in [0, 0.1) is 0 Å². The van der Waals surface area contributed by atoms with Crippen LogP contribution in [0.4, 0.5) is 5.69 Å². The highest BCUT2D eigenvalue weighted by atomic mass is 79.9. The monoisotopic (exact) mass is 326 g/mol. The molecule has 1 atom stereocenters. The lowest BCUT2D eigenvalue weighted by atomic mass is 10.1. The second kappa shape index (κ2) is 5.40. The van der Waals surface area contributed by atoms with Gasteiger partial charge in [0.15, 0.2) is 0 Å². The first-order valence-corrected chi connectivity index (χ1v) is 6.40. The van der Waals surface area contributed by atoms with Gasteiger partial charge in [-0.3, -0.25) is 9.59 Å². The van der Waals surface area contributed by atoms with Gasteiger partial charge in [-0.15, -0.1) is 0 Å². The molecule has 1 saturated heterocycles. The van der Waals surface area contributed by atoms with Gasteiger partial charge in [-0.1, -0.05) is 15.9 Å². The predicted molar refractivity (Wildman–Crippen MR) is 70.9 cm³/mol. The molecule has 0 radical (unpaired) electrons. The molecule has 1 aromatic carbocycles. The summed E-state index contributed by atoms with van der Waals surface area (Å²) >= 11 is 3.21. The third-order valence-electron chi connectivity index (χ3n) is 2.78. The summed E-state index contributed by atoms with van der Waals surface area (Å²) in [6.45, 7) is 0. The lowest BCUT2D eigenvalue weighted by molar-refractivity contribution is -0.122. The maximum atomic E-state index is 11.9. The molecule has 0 unspecified atom stereocenters. The van der Waals surface area contributed by atoms with Crippen molar-refractivity contribution < 1.29 is 19.5 Å². The van der Waals surface area contributed by atoms with E-state index in [2.05, 4.69) is 26.6 Å². The van der Waals surface area contributed by atoms with E-state index in [9.17, 15) is 14.4 Å². The number of benzene rings is 1.